The predicted molar refractivity (Wildman–Crippen MR) is 23.0 cm³/mol. The van der Waals surface area contributed by atoms with E-state index < -0.39 is 0 Å². The first-order valence-corrected chi connectivity index (χ1v) is 0. The number of hydrogen-bond donors (Lipinski definition) is 0. The summed E-state index contributed by atoms with van der Waals surface area (Å²) in [6.07, 6.45) is 0. The summed E-state index contributed by atoms with van der Waals surface area (Å²) < 4.78 is 0. The SMILES string of the molecule is [Fe].[Fe].[Fe].[Ga].[Ga].[Ga].[Ga]. The van der Waals surface area contributed by atoms with Gasteiger partial charge < -0.3 is 0 Å². The van der Waals surface area contributed by atoms with Crippen LogP contribution >= 0.6 is 0 Å². The second-order valence-corrected chi connectivity index (χ2v) is 0. The molecule has 0 aromatic heterocycles. The molecule has 12 radical (unpaired) electrons. The van der Waals surface area contributed by atoms with Gasteiger partial charge in [0.1, 0.15) is 0 Å². The zero-order chi connectivity index (χ0) is 0. The first kappa shape index (κ1) is 67.3. The molecule has 0 saturated heterocycles. The van der Waals surface area contributed by atoms with Crippen molar-refractivity contribution in [3.63, 3.8) is 0 Å². The van der Waals surface area contributed by atoms with Crippen molar-refractivity contribution in [1.29, 1.82) is 0 Å². The molecule has 0 spiro atoms. The molecule has 0 aliphatic heterocycles. The van der Waals surface area contributed by atoms with Crippen molar-refractivity contribution < 1.29 is 51.2 Å². The molecule has 7 heavy (non-hydrogen) atoms. The van der Waals surface area contributed by atoms with Crippen molar-refractivity contribution in [3.05, 3.63) is 0 Å². The Balaban J connectivity index is 0. The van der Waals surface area contributed by atoms with Crippen molar-refractivity contribution in [3.8, 4) is 0 Å². The van der Waals surface area contributed by atoms with Crippen molar-refractivity contribution in [2.45, 2.75) is 0 Å². The van der Waals surface area contributed by atoms with E-state index in [1.165, 1.54) is 0 Å². The van der Waals surface area contributed by atoms with Crippen LogP contribution in [-0.4, -0.2) is 79.2 Å². The first-order chi connectivity index (χ1) is 0. The van der Waals surface area contributed by atoms with E-state index in [0.29, 0.717) is 0 Å². The van der Waals surface area contributed by atoms with E-state index in [1.54, 1.807) is 0 Å². The van der Waals surface area contributed by atoms with Crippen molar-refractivity contribution in [2.24, 2.45) is 0 Å². The van der Waals surface area contributed by atoms with E-state index in [2.05, 4.69) is 0 Å². The van der Waals surface area contributed by atoms with Crippen molar-refractivity contribution in [2.75, 3.05) is 0 Å². The summed E-state index contributed by atoms with van der Waals surface area (Å²) in [6, 6.07) is 0. The van der Waals surface area contributed by atoms with Crippen LogP contribution in [0.3, 0.4) is 0 Å². The van der Waals surface area contributed by atoms with Crippen LogP contribution in [0.2, 0.25) is 0 Å². The monoisotopic (exact) mass is 444 g/mol. The van der Waals surface area contributed by atoms with E-state index in [9.17, 15) is 0 Å². The van der Waals surface area contributed by atoms with Crippen LogP contribution in [-0.2, 0) is 51.2 Å². The summed E-state index contributed by atoms with van der Waals surface area (Å²) in [5.41, 5.74) is 0. The fourth-order valence-electron chi connectivity index (χ4n) is 0. The molecular formula is Fe3Ga4. The Morgan fingerprint density at radius 2 is 0.286 bits per heavy atom. The average molecular weight is 446 g/mol. The van der Waals surface area contributed by atoms with E-state index in [4.69, 9.17) is 0 Å². The summed E-state index contributed by atoms with van der Waals surface area (Å²) >= 11 is 0. The van der Waals surface area contributed by atoms with E-state index in [-0.39, 0.29) is 130 Å². The zero-order valence-corrected chi connectivity index (χ0v) is 16.4. The second kappa shape index (κ2) is 49.7. The minimum atomic E-state index is 0. The largest absolute Gasteiger partial charge is 0 e. The quantitative estimate of drug-likeness (QED) is 0.397. The normalized spacial score (nSPS) is 0. The third-order valence-electron chi connectivity index (χ3n) is 0. The van der Waals surface area contributed by atoms with Crippen LogP contribution in [0.4, 0.5) is 0 Å². The summed E-state index contributed by atoms with van der Waals surface area (Å²) in [5, 5.41) is 0. The van der Waals surface area contributed by atoms with Gasteiger partial charge in [0, 0.05) is 130 Å². The molecule has 0 aliphatic rings. The molecule has 0 aromatic carbocycles. The third-order valence-corrected chi connectivity index (χ3v) is 0. The van der Waals surface area contributed by atoms with E-state index in [1.807, 2.05) is 0 Å². The van der Waals surface area contributed by atoms with Crippen LogP contribution in [0.25, 0.3) is 0 Å². The predicted octanol–water partition coefficient (Wildman–Crippen LogP) is -1.53. The minimum absolute atomic E-state index is 0. The van der Waals surface area contributed by atoms with Crippen LogP contribution < -0.4 is 0 Å². The Bertz CT molecular complexity index is 6.90. The van der Waals surface area contributed by atoms with Gasteiger partial charge in [0.05, 0.1) is 0 Å². The van der Waals surface area contributed by atoms with Crippen LogP contribution in [0.5, 0.6) is 0 Å². The number of hydrogen-bond acceptors (Lipinski definition) is 0. The van der Waals surface area contributed by atoms with E-state index in [0.717, 1.165) is 0 Å². The first-order valence-electron chi connectivity index (χ1n) is 0. The maximum absolute atomic E-state index is 0. The Kier molecular flexibility index (Phi) is 478. The molecule has 0 aliphatic carbocycles. The van der Waals surface area contributed by atoms with E-state index >= 15 is 0 Å². The van der Waals surface area contributed by atoms with Crippen LogP contribution in [0, 0.1) is 0 Å². The van der Waals surface area contributed by atoms with Gasteiger partial charge in [-0.1, -0.05) is 0 Å². The molecule has 0 aromatic rings. The Hall–Kier alpha value is 4.10. The summed E-state index contributed by atoms with van der Waals surface area (Å²) in [7, 11) is 0. The van der Waals surface area contributed by atoms with Gasteiger partial charge in [-0.15, -0.1) is 0 Å². The molecule has 36 valence electrons. The Morgan fingerprint density at radius 1 is 0.286 bits per heavy atom. The smallest absolute Gasteiger partial charge is 0 e. The van der Waals surface area contributed by atoms with Gasteiger partial charge in [-0.25, -0.2) is 0 Å². The summed E-state index contributed by atoms with van der Waals surface area (Å²) in [6.45, 7) is 0. The van der Waals surface area contributed by atoms with Gasteiger partial charge in [0.25, 0.3) is 0 Å². The average Bonchev–Trinajstić information content (AvgIpc) is 0. The maximum Gasteiger partial charge on any atom is 0 e. The third kappa shape index (κ3) is 39.4. The molecule has 0 rings (SSSR count). The molecule has 0 N–H and O–H groups in total. The molecule has 7 heteroatoms. The minimum Gasteiger partial charge on any atom is 0 e. The second-order valence-electron chi connectivity index (χ2n) is 0. The summed E-state index contributed by atoms with van der Waals surface area (Å²) in [4.78, 5) is 0. The fraction of sp³-hybridized carbons (Fsp3) is 0. The van der Waals surface area contributed by atoms with Gasteiger partial charge in [-0.3, -0.25) is 0 Å². The number of rotatable bonds is 0. The van der Waals surface area contributed by atoms with Crippen LogP contribution in [0.1, 0.15) is 0 Å². The van der Waals surface area contributed by atoms with Crippen LogP contribution in [0.15, 0.2) is 0 Å². The molecule has 0 atom stereocenters. The van der Waals surface area contributed by atoms with Crippen molar-refractivity contribution in [1.82, 2.24) is 0 Å². The summed E-state index contributed by atoms with van der Waals surface area (Å²) in [5.74, 6) is 0. The molecule has 0 bridgehead atoms. The zero-order valence-electron chi connectivity index (χ0n) is 3.37. The molecule has 0 heterocycles. The Labute approximate surface area is 128 Å². The Morgan fingerprint density at radius 3 is 0.286 bits per heavy atom. The fourth-order valence-corrected chi connectivity index (χ4v) is 0. The van der Waals surface area contributed by atoms with Gasteiger partial charge in [-0.2, -0.15) is 0 Å². The maximum atomic E-state index is 0. The molecule has 0 saturated carbocycles. The molecular weight excluding hydrogens is 446 g/mol. The molecule has 0 unspecified atom stereocenters. The van der Waals surface area contributed by atoms with Gasteiger partial charge in [0.15, 0.2) is 0 Å². The topological polar surface area (TPSA) is 0 Å². The van der Waals surface area contributed by atoms with Gasteiger partial charge in [0.2, 0.25) is 0 Å². The van der Waals surface area contributed by atoms with Gasteiger partial charge >= 0.3 is 0 Å². The molecule has 0 fully saturated rings. The molecule has 0 nitrogen and oxygen atoms in total. The molecule has 0 amide bonds. The standard InChI is InChI=1S/3Fe.4Ga. The van der Waals surface area contributed by atoms with Gasteiger partial charge in [-0.05, 0) is 0 Å². The van der Waals surface area contributed by atoms with Crippen molar-refractivity contribution >= 4 is 79.2 Å².